The minimum Gasteiger partial charge on any atom is -0.488 e. The predicted molar refractivity (Wildman–Crippen MR) is 75.9 cm³/mol. The van der Waals surface area contributed by atoms with Gasteiger partial charge in [-0.15, -0.1) is 0 Å². The van der Waals surface area contributed by atoms with E-state index in [1.54, 1.807) is 18.2 Å². The third kappa shape index (κ3) is 3.62. The highest BCUT2D eigenvalue weighted by Gasteiger charge is 2.02. The zero-order chi connectivity index (χ0) is 14.2. The van der Waals surface area contributed by atoms with Gasteiger partial charge in [0.25, 0.3) is 0 Å². The molecule has 0 spiro atoms. The summed E-state index contributed by atoms with van der Waals surface area (Å²) in [6, 6.07) is 16.8. The molecule has 0 aliphatic rings. The van der Waals surface area contributed by atoms with Gasteiger partial charge in [0.15, 0.2) is 0 Å². The number of hydrogen-bond acceptors (Lipinski definition) is 3. The third-order valence-electron chi connectivity index (χ3n) is 2.67. The van der Waals surface area contributed by atoms with E-state index in [2.05, 4.69) is 17.9 Å². The maximum absolute atomic E-state index is 8.97. The van der Waals surface area contributed by atoms with E-state index in [9.17, 15) is 0 Å². The SMILES string of the molecule is N#Cc1ccccc1OCc1ccc(C#CCO)cc1. The van der Waals surface area contributed by atoms with E-state index in [0.717, 1.165) is 11.1 Å². The summed E-state index contributed by atoms with van der Waals surface area (Å²) in [6.45, 7) is 0.252. The Kier molecular flexibility index (Phi) is 4.78. The Morgan fingerprint density at radius 3 is 2.50 bits per heavy atom. The summed E-state index contributed by atoms with van der Waals surface area (Å²) in [7, 11) is 0. The molecule has 0 unspecified atom stereocenters. The summed E-state index contributed by atoms with van der Waals surface area (Å²) in [5, 5.41) is 17.6. The van der Waals surface area contributed by atoms with Crippen molar-refractivity contribution in [3.8, 4) is 23.7 Å². The summed E-state index contributed by atoms with van der Waals surface area (Å²) in [5.74, 6) is 6.01. The summed E-state index contributed by atoms with van der Waals surface area (Å²) < 4.78 is 5.64. The van der Waals surface area contributed by atoms with Crippen molar-refractivity contribution in [1.82, 2.24) is 0 Å². The van der Waals surface area contributed by atoms with E-state index < -0.39 is 0 Å². The Labute approximate surface area is 118 Å². The Bertz CT molecular complexity index is 673. The fraction of sp³-hybridized carbons (Fsp3) is 0.118. The van der Waals surface area contributed by atoms with Gasteiger partial charge in [0.05, 0.1) is 5.56 Å². The second-order valence-electron chi connectivity index (χ2n) is 4.05. The molecule has 0 heterocycles. The molecular formula is C17H13NO2. The molecule has 0 amide bonds. The molecule has 1 N–H and O–H groups in total. The molecule has 0 aromatic heterocycles. The van der Waals surface area contributed by atoms with Crippen molar-refractivity contribution in [2.24, 2.45) is 0 Å². The average Bonchev–Trinajstić information content (AvgIpc) is 2.52. The van der Waals surface area contributed by atoms with Crippen LogP contribution in [-0.2, 0) is 6.61 Å². The van der Waals surface area contributed by atoms with Crippen LogP contribution in [0.1, 0.15) is 16.7 Å². The molecule has 2 aromatic rings. The van der Waals surface area contributed by atoms with E-state index >= 15 is 0 Å². The lowest BCUT2D eigenvalue weighted by molar-refractivity contribution is 0.305. The Hall–Kier alpha value is -2.75. The standard InChI is InChI=1S/C17H13NO2/c18-12-16-5-1-2-6-17(16)20-13-15-9-7-14(8-10-15)4-3-11-19/h1-2,5-10,19H,11,13H2. The minimum absolute atomic E-state index is 0.143. The van der Waals surface area contributed by atoms with Crippen LogP contribution in [0.3, 0.4) is 0 Å². The van der Waals surface area contributed by atoms with Crippen LogP contribution < -0.4 is 4.74 Å². The molecule has 0 aliphatic carbocycles. The molecule has 0 radical (unpaired) electrons. The predicted octanol–water partition coefficient (Wildman–Crippen LogP) is 2.48. The summed E-state index contributed by atoms with van der Waals surface area (Å²) >= 11 is 0. The van der Waals surface area contributed by atoms with E-state index in [0.29, 0.717) is 17.9 Å². The van der Waals surface area contributed by atoms with Gasteiger partial charge in [0.1, 0.15) is 25.0 Å². The maximum atomic E-state index is 8.97. The van der Waals surface area contributed by atoms with Crippen LogP contribution in [-0.4, -0.2) is 11.7 Å². The molecule has 20 heavy (non-hydrogen) atoms. The van der Waals surface area contributed by atoms with Gasteiger partial charge in [-0.2, -0.15) is 5.26 Å². The van der Waals surface area contributed by atoms with Crippen LogP contribution in [0, 0.1) is 23.2 Å². The highest BCUT2D eigenvalue weighted by molar-refractivity contribution is 5.42. The van der Waals surface area contributed by atoms with Gasteiger partial charge in [-0.25, -0.2) is 0 Å². The van der Waals surface area contributed by atoms with Crippen molar-refractivity contribution in [3.05, 3.63) is 65.2 Å². The normalized spacial score (nSPS) is 9.20. The first-order valence-electron chi connectivity index (χ1n) is 6.14. The van der Waals surface area contributed by atoms with Crippen molar-refractivity contribution in [2.45, 2.75) is 6.61 Å². The molecule has 3 nitrogen and oxygen atoms in total. The summed E-state index contributed by atoms with van der Waals surface area (Å²) in [4.78, 5) is 0. The molecule has 98 valence electrons. The monoisotopic (exact) mass is 263 g/mol. The number of nitrogens with zero attached hydrogens (tertiary/aromatic N) is 1. The second kappa shape index (κ2) is 6.99. The number of aliphatic hydroxyl groups excluding tert-OH is 1. The second-order valence-corrected chi connectivity index (χ2v) is 4.05. The van der Waals surface area contributed by atoms with Gasteiger partial charge in [-0.05, 0) is 29.8 Å². The molecule has 0 saturated heterocycles. The van der Waals surface area contributed by atoms with Crippen LogP contribution >= 0.6 is 0 Å². The molecular weight excluding hydrogens is 250 g/mol. The van der Waals surface area contributed by atoms with Gasteiger partial charge in [0, 0.05) is 5.56 Å². The fourth-order valence-corrected chi connectivity index (χ4v) is 1.67. The van der Waals surface area contributed by atoms with Gasteiger partial charge < -0.3 is 9.84 Å². The number of hydrogen-bond donors (Lipinski definition) is 1. The number of benzene rings is 2. The zero-order valence-corrected chi connectivity index (χ0v) is 10.8. The highest BCUT2D eigenvalue weighted by atomic mass is 16.5. The number of aliphatic hydroxyl groups is 1. The van der Waals surface area contributed by atoms with Crippen molar-refractivity contribution >= 4 is 0 Å². The zero-order valence-electron chi connectivity index (χ0n) is 10.8. The average molecular weight is 263 g/mol. The number of ether oxygens (including phenoxy) is 1. The first-order valence-corrected chi connectivity index (χ1v) is 6.14. The Balaban J connectivity index is 2.02. The number of nitriles is 1. The van der Waals surface area contributed by atoms with Crippen LogP contribution in [0.5, 0.6) is 5.75 Å². The fourth-order valence-electron chi connectivity index (χ4n) is 1.67. The van der Waals surface area contributed by atoms with Gasteiger partial charge >= 0.3 is 0 Å². The van der Waals surface area contributed by atoms with Crippen molar-refractivity contribution < 1.29 is 9.84 Å². The highest BCUT2D eigenvalue weighted by Crippen LogP contribution is 2.18. The summed E-state index contributed by atoms with van der Waals surface area (Å²) in [5.41, 5.74) is 2.37. The quantitative estimate of drug-likeness (QED) is 0.865. The Morgan fingerprint density at radius 2 is 1.80 bits per heavy atom. The van der Waals surface area contributed by atoms with Crippen LogP contribution in [0.4, 0.5) is 0 Å². The molecule has 0 aliphatic heterocycles. The number of rotatable bonds is 3. The lowest BCUT2D eigenvalue weighted by atomic mass is 10.1. The van der Waals surface area contributed by atoms with Gasteiger partial charge in [-0.1, -0.05) is 36.1 Å². The molecule has 3 heteroatoms. The molecule has 0 saturated carbocycles. The molecule has 2 rings (SSSR count). The Morgan fingerprint density at radius 1 is 1.05 bits per heavy atom. The third-order valence-corrected chi connectivity index (χ3v) is 2.67. The van der Waals surface area contributed by atoms with Crippen molar-refractivity contribution in [2.75, 3.05) is 6.61 Å². The first-order chi connectivity index (χ1) is 9.83. The van der Waals surface area contributed by atoms with E-state index in [1.165, 1.54) is 0 Å². The van der Waals surface area contributed by atoms with E-state index in [-0.39, 0.29) is 6.61 Å². The largest absolute Gasteiger partial charge is 0.488 e. The van der Waals surface area contributed by atoms with Crippen LogP contribution in [0.15, 0.2) is 48.5 Å². The summed E-state index contributed by atoms with van der Waals surface area (Å²) in [6.07, 6.45) is 0. The molecule has 0 atom stereocenters. The number of para-hydroxylation sites is 1. The topological polar surface area (TPSA) is 53.2 Å². The first kappa shape index (κ1) is 13.7. The van der Waals surface area contributed by atoms with Crippen molar-refractivity contribution in [1.29, 1.82) is 5.26 Å². The van der Waals surface area contributed by atoms with Gasteiger partial charge in [-0.3, -0.25) is 0 Å². The molecule has 0 fully saturated rings. The van der Waals surface area contributed by atoms with E-state index in [1.807, 2.05) is 30.3 Å². The van der Waals surface area contributed by atoms with Gasteiger partial charge in [0.2, 0.25) is 0 Å². The molecule has 0 bridgehead atoms. The lowest BCUT2D eigenvalue weighted by Crippen LogP contribution is -1.97. The van der Waals surface area contributed by atoms with Crippen LogP contribution in [0.2, 0.25) is 0 Å². The maximum Gasteiger partial charge on any atom is 0.137 e. The minimum atomic E-state index is -0.143. The lowest BCUT2D eigenvalue weighted by Gasteiger charge is -2.07. The van der Waals surface area contributed by atoms with Crippen molar-refractivity contribution in [3.63, 3.8) is 0 Å². The molecule has 2 aromatic carbocycles. The van der Waals surface area contributed by atoms with Crippen LogP contribution in [0.25, 0.3) is 0 Å². The van der Waals surface area contributed by atoms with E-state index in [4.69, 9.17) is 15.1 Å². The smallest absolute Gasteiger partial charge is 0.137 e.